The van der Waals surface area contributed by atoms with Crippen molar-refractivity contribution in [2.45, 2.75) is 13.8 Å². The number of fused-ring (bicyclic) bond motifs is 1. The Morgan fingerprint density at radius 1 is 1.16 bits per heavy atom. The fourth-order valence-corrected chi connectivity index (χ4v) is 3.46. The summed E-state index contributed by atoms with van der Waals surface area (Å²) in [6.45, 7) is 3.74. The normalized spacial score (nSPS) is 11.0. The van der Waals surface area contributed by atoms with E-state index >= 15 is 0 Å². The third-order valence-corrected chi connectivity index (χ3v) is 4.83. The highest BCUT2D eigenvalue weighted by Gasteiger charge is 2.14. The van der Waals surface area contributed by atoms with Crippen LogP contribution in [0.25, 0.3) is 22.6 Å². The van der Waals surface area contributed by atoms with Crippen LogP contribution in [-0.2, 0) is 0 Å². The van der Waals surface area contributed by atoms with Crippen LogP contribution in [0.15, 0.2) is 42.6 Å². The molecule has 7 heteroatoms. The quantitative estimate of drug-likeness (QED) is 0.586. The number of hydrogen-bond acceptors (Lipinski definition) is 5. The molecule has 0 bridgehead atoms. The smallest absolute Gasteiger partial charge is 0.267 e. The number of nitrogens with zero attached hydrogens (tertiary/aromatic N) is 3. The molecular weight excluding hydrogens is 334 g/mol. The molecule has 0 aliphatic rings. The number of thiazole rings is 1. The molecule has 0 radical (unpaired) electrons. The minimum atomic E-state index is -0.146. The zero-order valence-electron chi connectivity index (χ0n) is 13.7. The molecule has 3 aromatic heterocycles. The van der Waals surface area contributed by atoms with Gasteiger partial charge < -0.3 is 10.3 Å². The number of pyridine rings is 1. The molecule has 0 aliphatic heterocycles. The van der Waals surface area contributed by atoms with Crippen molar-refractivity contribution in [1.82, 2.24) is 19.9 Å². The van der Waals surface area contributed by atoms with Crippen LogP contribution in [0, 0.1) is 13.8 Å². The number of rotatable bonds is 3. The number of aryl methyl sites for hydroxylation is 2. The Morgan fingerprint density at radius 3 is 2.76 bits per heavy atom. The summed E-state index contributed by atoms with van der Waals surface area (Å²) in [7, 11) is 0. The van der Waals surface area contributed by atoms with Crippen LogP contribution in [0.1, 0.15) is 20.4 Å². The van der Waals surface area contributed by atoms with Crippen molar-refractivity contribution in [3.8, 4) is 11.5 Å². The number of nitrogens with one attached hydrogen (secondary N) is 2. The Bertz CT molecular complexity index is 1070. The van der Waals surface area contributed by atoms with Crippen molar-refractivity contribution < 1.29 is 4.79 Å². The van der Waals surface area contributed by atoms with Gasteiger partial charge in [0, 0.05) is 11.9 Å². The van der Waals surface area contributed by atoms with E-state index in [1.54, 1.807) is 6.20 Å². The van der Waals surface area contributed by atoms with E-state index < -0.39 is 0 Å². The number of hydrogen-bond donors (Lipinski definition) is 2. The Morgan fingerprint density at radius 2 is 2.04 bits per heavy atom. The largest absolute Gasteiger partial charge is 0.337 e. The third kappa shape index (κ3) is 3.01. The van der Waals surface area contributed by atoms with E-state index in [0.29, 0.717) is 16.4 Å². The van der Waals surface area contributed by atoms with Gasteiger partial charge in [-0.15, -0.1) is 11.3 Å². The standard InChI is InChI=1S/C18H15N5OS/c1-10-16(25-11(2)20-10)18(24)21-12-6-7-13-15(9-12)23-17(22-13)14-5-3-4-8-19-14/h3-9H,1-2H3,(H,21,24)(H,22,23). The molecule has 0 fully saturated rings. The van der Waals surface area contributed by atoms with Crippen LogP contribution in [0.5, 0.6) is 0 Å². The molecule has 0 saturated carbocycles. The van der Waals surface area contributed by atoms with Crippen LogP contribution in [0.2, 0.25) is 0 Å². The maximum Gasteiger partial charge on any atom is 0.267 e. The summed E-state index contributed by atoms with van der Waals surface area (Å²) in [5, 5.41) is 3.80. The minimum Gasteiger partial charge on any atom is -0.337 e. The second-order valence-electron chi connectivity index (χ2n) is 5.63. The molecule has 3 heterocycles. The van der Waals surface area contributed by atoms with Crippen LogP contribution in [-0.4, -0.2) is 25.8 Å². The van der Waals surface area contributed by atoms with E-state index in [2.05, 4.69) is 25.3 Å². The van der Waals surface area contributed by atoms with Crippen molar-refractivity contribution >= 4 is 34.0 Å². The first-order valence-electron chi connectivity index (χ1n) is 7.77. The molecule has 0 unspecified atom stereocenters. The second-order valence-corrected chi connectivity index (χ2v) is 6.84. The number of H-pyrrole nitrogens is 1. The van der Waals surface area contributed by atoms with Gasteiger partial charge in [-0.1, -0.05) is 6.07 Å². The molecule has 4 aromatic rings. The number of aromatic nitrogens is 4. The lowest BCUT2D eigenvalue weighted by Crippen LogP contribution is -2.11. The zero-order valence-corrected chi connectivity index (χ0v) is 14.5. The van der Waals surface area contributed by atoms with E-state index in [1.165, 1.54) is 11.3 Å². The molecular formula is C18H15N5OS. The van der Waals surface area contributed by atoms with Crippen molar-refractivity contribution in [3.05, 3.63) is 58.2 Å². The first-order chi connectivity index (χ1) is 12.1. The molecule has 0 spiro atoms. The van der Waals surface area contributed by atoms with Crippen LogP contribution < -0.4 is 5.32 Å². The predicted molar refractivity (Wildman–Crippen MR) is 98.9 cm³/mol. The fourth-order valence-electron chi connectivity index (χ4n) is 2.64. The molecule has 6 nitrogen and oxygen atoms in total. The number of benzene rings is 1. The first kappa shape index (κ1) is 15.5. The lowest BCUT2D eigenvalue weighted by Gasteiger charge is -2.03. The van der Waals surface area contributed by atoms with E-state index in [0.717, 1.165) is 27.4 Å². The predicted octanol–water partition coefficient (Wildman–Crippen LogP) is 3.95. The van der Waals surface area contributed by atoms with E-state index in [1.807, 2.05) is 50.2 Å². The van der Waals surface area contributed by atoms with Gasteiger partial charge in [0.2, 0.25) is 0 Å². The molecule has 124 valence electrons. The van der Waals surface area contributed by atoms with Crippen LogP contribution >= 0.6 is 11.3 Å². The van der Waals surface area contributed by atoms with Gasteiger partial charge in [-0.2, -0.15) is 0 Å². The number of anilines is 1. The summed E-state index contributed by atoms with van der Waals surface area (Å²) in [6.07, 6.45) is 1.73. The molecule has 0 aliphatic carbocycles. The van der Waals surface area contributed by atoms with Crippen molar-refractivity contribution in [1.29, 1.82) is 0 Å². The van der Waals surface area contributed by atoms with Gasteiger partial charge in [0.15, 0.2) is 5.82 Å². The van der Waals surface area contributed by atoms with Crippen LogP contribution in [0.4, 0.5) is 5.69 Å². The second kappa shape index (κ2) is 6.10. The maximum atomic E-state index is 12.4. The molecule has 0 saturated heterocycles. The van der Waals surface area contributed by atoms with E-state index in [4.69, 9.17) is 0 Å². The summed E-state index contributed by atoms with van der Waals surface area (Å²) in [5.41, 5.74) is 3.90. The monoisotopic (exact) mass is 349 g/mol. The topological polar surface area (TPSA) is 83.6 Å². The van der Waals surface area contributed by atoms with E-state index in [9.17, 15) is 4.79 Å². The molecule has 1 aromatic carbocycles. The van der Waals surface area contributed by atoms with Gasteiger partial charge in [0.25, 0.3) is 5.91 Å². The van der Waals surface area contributed by atoms with Crippen LogP contribution in [0.3, 0.4) is 0 Å². The van der Waals surface area contributed by atoms with Crippen molar-refractivity contribution in [3.63, 3.8) is 0 Å². The van der Waals surface area contributed by atoms with Gasteiger partial charge in [-0.25, -0.2) is 9.97 Å². The Labute approximate surface area is 148 Å². The highest BCUT2D eigenvalue weighted by atomic mass is 32.1. The SMILES string of the molecule is Cc1nc(C)c(C(=O)Nc2ccc3nc(-c4ccccn4)[nH]c3c2)s1. The highest BCUT2D eigenvalue weighted by molar-refractivity contribution is 7.13. The first-order valence-corrected chi connectivity index (χ1v) is 8.58. The van der Waals surface area contributed by atoms with Gasteiger partial charge in [0.1, 0.15) is 10.6 Å². The van der Waals surface area contributed by atoms with E-state index in [-0.39, 0.29) is 5.91 Å². The van der Waals surface area contributed by atoms with Crippen molar-refractivity contribution in [2.24, 2.45) is 0 Å². The molecule has 25 heavy (non-hydrogen) atoms. The average molecular weight is 349 g/mol. The van der Waals surface area contributed by atoms with Gasteiger partial charge in [-0.3, -0.25) is 9.78 Å². The Kier molecular flexibility index (Phi) is 3.77. The number of carbonyl (C=O) groups is 1. The Balaban J connectivity index is 1.63. The molecule has 4 rings (SSSR count). The minimum absolute atomic E-state index is 0.146. The van der Waals surface area contributed by atoms with Crippen molar-refractivity contribution in [2.75, 3.05) is 5.32 Å². The summed E-state index contributed by atoms with van der Waals surface area (Å²) >= 11 is 1.40. The summed E-state index contributed by atoms with van der Waals surface area (Å²) in [6, 6.07) is 11.3. The summed E-state index contributed by atoms with van der Waals surface area (Å²) < 4.78 is 0. The lowest BCUT2D eigenvalue weighted by molar-refractivity contribution is 0.103. The molecule has 1 amide bonds. The number of amides is 1. The number of carbonyl (C=O) groups excluding carboxylic acids is 1. The Hall–Kier alpha value is -3.06. The summed E-state index contributed by atoms with van der Waals surface area (Å²) in [5.74, 6) is 0.555. The van der Waals surface area contributed by atoms with Gasteiger partial charge >= 0.3 is 0 Å². The highest BCUT2D eigenvalue weighted by Crippen LogP contribution is 2.23. The average Bonchev–Trinajstić information content (AvgIpc) is 3.18. The number of aromatic amines is 1. The molecule has 2 N–H and O–H groups in total. The lowest BCUT2D eigenvalue weighted by atomic mass is 10.2. The van der Waals surface area contributed by atoms with Gasteiger partial charge in [-0.05, 0) is 44.2 Å². The number of imidazole rings is 1. The van der Waals surface area contributed by atoms with Gasteiger partial charge in [0.05, 0.1) is 21.7 Å². The summed E-state index contributed by atoms with van der Waals surface area (Å²) in [4.78, 5) is 29.4. The third-order valence-electron chi connectivity index (χ3n) is 3.76. The zero-order chi connectivity index (χ0) is 17.4. The molecule has 0 atom stereocenters. The fraction of sp³-hybridized carbons (Fsp3) is 0.111. The maximum absolute atomic E-state index is 12.4.